The summed E-state index contributed by atoms with van der Waals surface area (Å²) in [5, 5.41) is 2.67. The molecule has 1 aromatic carbocycles. The summed E-state index contributed by atoms with van der Waals surface area (Å²) in [7, 11) is -1.10. The Labute approximate surface area is 110 Å². The second kappa shape index (κ2) is 7.16. The molecule has 0 aliphatic carbocycles. The Morgan fingerprint density at radius 2 is 2.06 bits per heavy atom. The molecule has 0 fully saturated rings. The van der Waals surface area contributed by atoms with Crippen LogP contribution in [0.5, 0.6) is 0 Å². The van der Waals surface area contributed by atoms with E-state index in [1.54, 1.807) is 24.3 Å². The number of hydrogen-bond donors (Lipinski definition) is 2. The van der Waals surface area contributed by atoms with E-state index in [0.717, 1.165) is 6.42 Å². The molecule has 1 unspecified atom stereocenters. The Bertz CT molecular complexity index is 433. The van der Waals surface area contributed by atoms with Crippen LogP contribution in [0.25, 0.3) is 0 Å². The van der Waals surface area contributed by atoms with Gasteiger partial charge in [0.25, 0.3) is 0 Å². The number of hydrogen-bond acceptors (Lipinski definition) is 3. The van der Waals surface area contributed by atoms with Crippen molar-refractivity contribution in [2.24, 2.45) is 5.92 Å². The summed E-state index contributed by atoms with van der Waals surface area (Å²) >= 11 is 0. The smallest absolute Gasteiger partial charge is 0.237 e. The van der Waals surface area contributed by atoms with Crippen molar-refractivity contribution in [2.45, 2.75) is 20.3 Å². The Balaban J connectivity index is 2.42. The summed E-state index contributed by atoms with van der Waals surface area (Å²) in [6.45, 7) is 4.14. The highest BCUT2D eigenvalue weighted by molar-refractivity contribution is 7.85. The third kappa shape index (κ3) is 5.31. The van der Waals surface area contributed by atoms with Gasteiger partial charge in [-0.05, 0) is 24.5 Å². The molecule has 4 nitrogen and oxygen atoms in total. The summed E-state index contributed by atoms with van der Waals surface area (Å²) < 4.78 is 11.7. The van der Waals surface area contributed by atoms with Crippen LogP contribution in [-0.4, -0.2) is 21.6 Å². The number of nitrogens with one attached hydrogen (secondary N) is 1. The Kier molecular flexibility index (Phi) is 5.85. The second-order valence-corrected chi connectivity index (χ2v) is 6.18. The fourth-order valence-corrected chi connectivity index (χ4v) is 2.63. The van der Waals surface area contributed by atoms with Crippen LogP contribution >= 0.6 is 0 Å². The standard InChI is InChI=1S/C13H20N2O2S/c1-10(2)7-8-18(17)9-13(16)15-12-6-4-3-5-11(12)14/h3-6,10H,7-9,14H2,1-2H3,(H,15,16). The molecule has 0 aliphatic rings. The van der Waals surface area contributed by atoms with Crippen molar-refractivity contribution in [1.29, 1.82) is 0 Å². The molecule has 0 saturated carbocycles. The molecule has 0 saturated heterocycles. The third-order valence-electron chi connectivity index (χ3n) is 2.45. The molecular weight excluding hydrogens is 248 g/mol. The number of carbonyl (C=O) groups is 1. The summed E-state index contributed by atoms with van der Waals surface area (Å²) in [6.07, 6.45) is 0.868. The van der Waals surface area contributed by atoms with Crippen LogP contribution in [0.4, 0.5) is 11.4 Å². The van der Waals surface area contributed by atoms with Gasteiger partial charge in [0.2, 0.25) is 5.91 Å². The number of amides is 1. The van der Waals surface area contributed by atoms with Gasteiger partial charge in [0, 0.05) is 16.6 Å². The van der Waals surface area contributed by atoms with E-state index in [2.05, 4.69) is 19.2 Å². The van der Waals surface area contributed by atoms with Crippen molar-refractivity contribution in [3.05, 3.63) is 24.3 Å². The first-order valence-corrected chi connectivity index (χ1v) is 7.47. The van der Waals surface area contributed by atoms with Gasteiger partial charge in [-0.15, -0.1) is 0 Å². The molecule has 0 radical (unpaired) electrons. The van der Waals surface area contributed by atoms with E-state index in [1.807, 2.05) is 0 Å². The van der Waals surface area contributed by atoms with Gasteiger partial charge in [0.15, 0.2) is 0 Å². The number of anilines is 2. The zero-order valence-electron chi connectivity index (χ0n) is 10.8. The Morgan fingerprint density at radius 1 is 1.39 bits per heavy atom. The third-order valence-corrected chi connectivity index (χ3v) is 3.73. The lowest BCUT2D eigenvalue weighted by Gasteiger charge is -2.08. The minimum Gasteiger partial charge on any atom is -0.397 e. The first-order valence-electron chi connectivity index (χ1n) is 5.98. The van der Waals surface area contributed by atoms with Gasteiger partial charge in [0.05, 0.1) is 11.4 Å². The molecule has 0 heterocycles. The first-order chi connectivity index (χ1) is 8.49. The topological polar surface area (TPSA) is 72.2 Å². The van der Waals surface area contributed by atoms with Gasteiger partial charge in [-0.1, -0.05) is 26.0 Å². The van der Waals surface area contributed by atoms with Crippen LogP contribution in [0.3, 0.4) is 0 Å². The number of carbonyl (C=O) groups excluding carboxylic acids is 1. The zero-order valence-corrected chi connectivity index (χ0v) is 11.6. The molecule has 1 amide bonds. The predicted molar refractivity (Wildman–Crippen MR) is 76.8 cm³/mol. The van der Waals surface area contributed by atoms with Crippen LogP contribution in [-0.2, 0) is 15.6 Å². The number of rotatable bonds is 6. The van der Waals surface area contributed by atoms with Gasteiger partial charge in [-0.2, -0.15) is 0 Å². The molecule has 0 aromatic heterocycles. The van der Waals surface area contributed by atoms with Crippen LogP contribution < -0.4 is 11.1 Å². The van der Waals surface area contributed by atoms with Crippen LogP contribution in [0.2, 0.25) is 0 Å². The molecular formula is C13H20N2O2S. The zero-order chi connectivity index (χ0) is 13.5. The fourth-order valence-electron chi connectivity index (χ4n) is 1.38. The van der Waals surface area contributed by atoms with E-state index in [1.165, 1.54) is 0 Å². The second-order valence-electron chi connectivity index (χ2n) is 4.61. The minimum absolute atomic E-state index is 0.0288. The fraction of sp³-hybridized carbons (Fsp3) is 0.462. The summed E-state index contributed by atoms with van der Waals surface area (Å²) in [4.78, 5) is 11.7. The van der Waals surface area contributed by atoms with Crippen molar-refractivity contribution in [2.75, 3.05) is 22.6 Å². The van der Waals surface area contributed by atoms with E-state index >= 15 is 0 Å². The molecule has 0 bridgehead atoms. The van der Waals surface area contributed by atoms with E-state index in [-0.39, 0.29) is 11.7 Å². The SMILES string of the molecule is CC(C)CCS(=O)CC(=O)Nc1ccccc1N. The highest BCUT2D eigenvalue weighted by Gasteiger charge is 2.10. The number of nitrogens with two attached hydrogens (primary N) is 1. The summed E-state index contributed by atoms with van der Waals surface area (Å²) in [5.41, 5.74) is 6.79. The van der Waals surface area contributed by atoms with Gasteiger partial charge >= 0.3 is 0 Å². The highest BCUT2D eigenvalue weighted by atomic mass is 32.2. The molecule has 1 atom stereocenters. The lowest BCUT2D eigenvalue weighted by Crippen LogP contribution is -2.21. The Morgan fingerprint density at radius 3 is 2.67 bits per heavy atom. The summed E-state index contributed by atoms with van der Waals surface area (Å²) in [6, 6.07) is 7.03. The van der Waals surface area contributed by atoms with E-state index in [0.29, 0.717) is 23.0 Å². The number of nitrogen functional groups attached to an aromatic ring is 1. The number of para-hydroxylation sites is 2. The first kappa shape index (κ1) is 14.7. The lowest BCUT2D eigenvalue weighted by atomic mass is 10.2. The van der Waals surface area contributed by atoms with Crippen molar-refractivity contribution in [3.63, 3.8) is 0 Å². The maximum absolute atomic E-state index is 11.7. The average Bonchev–Trinajstić information content (AvgIpc) is 2.29. The van der Waals surface area contributed by atoms with Crippen LogP contribution in [0, 0.1) is 5.92 Å². The largest absolute Gasteiger partial charge is 0.397 e. The van der Waals surface area contributed by atoms with Crippen molar-refractivity contribution in [3.8, 4) is 0 Å². The molecule has 100 valence electrons. The normalized spacial score (nSPS) is 12.4. The molecule has 3 N–H and O–H groups in total. The van der Waals surface area contributed by atoms with Gasteiger partial charge in [-0.3, -0.25) is 9.00 Å². The maximum atomic E-state index is 11.7. The lowest BCUT2D eigenvalue weighted by molar-refractivity contribution is -0.113. The molecule has 0 aliphatic heterocycles. The van der Waals surface area contributed by atoms with Crippen molar-refractivity contribution in [1.82, 2.24) is 0 Å². The Hall–Kier alpha value is -1.36. The van der Waals surface area contributed by atoms with Gasteiger partial charge < -0.3 is 11.1 Å². The highest BCUT2D eigenvalue weighted by Crippen LogP contribution is 2.16. The molecule has 1 aromatic rings. The minimum atomic E-state index is -1.10. The van der Waals surface area contributed by atoms with Crippen molar-refractivity contribution >= 4 is 28.1 Å². The van der Waals surface area contributed by atoms with E-state index in [9.17, 15) is 9.00 Å². The maximum Gasteiger partial charge on any atom is 0.237 e. The van der Waals surface area contributed by atoms with Crippen molar-refractivity contribution < 1.29 is 9.00 Å². The van der Waals surface area contributed by atoms with Gasteiger partial charge in [0.1, 0.15) is 5.75 Å². The van der Waals surface area contributed by atoms with Crippen LogP contribution in [0.1, 0.15) is 20.3 Å². The van der Waals surface area contributed by atoms with E-state index in [4.69, 9.17) is 5.73 Å². The monoisotopic (exact) mass is 268 g/mol. The van der Waals surface area contributed by atoms with E-state index < -0.39 is 10.8 Å². The summed E-state index contributed by atoms with van der Waals surface area (Å²) in [5.74, 6) is 0.841. The molecule has 5 heteroatoms. The quantitative estimate of drug-likeness (QED) is 0.775. The molecule has 0 spiro atoms. The molecule has 1 rings (SSSR count). The predicted octanol–water partition coefficient (Wildman–Crippen LogP) is 2.00. The molecule has 18 heavy (non-hydrogen) atoms. The average molecular weight is 268 g/mol. The van der Waals surface area contributed by atoms with Crippen LogP contribution in [0.15, 0.2) is 24.3 Å². The number of benzene rings is 1. The van der Waals surface area contributed by atoms with Gasteiger partial charge in [-0.25, -0.2) is 0 Å².